The van der Waals surface area contributed by atoms with Crippen molar-refractivity contribution in [2.75, 3.05) is 7.11 Å². The summed E-state index contributed by atoms with van der Waals surface area (Å²) in [4.78, 5) is 0. The molecule has 22 heavy (non-hydrogen) atoms. The van der Waals surface area contributed by atoms with Crippen LogP contribution in [-0.2, 0) is 9.31 Å². The molecule has 0 spiro atoms. The minimum atomic E-state index is -0.312. The third-order valence-corrected chi connectivity index (χ3v) is 4.95. The fraction of sp³-hybridized carbons (Fsp3) is 0.667. The maximum absolute atomic E-state index is 6.31. The van der Waals surface area contributed by atoms with Crippen molar-refractivity contribution < 1.29 is 14.0 Å². The molecule has 1 aromatic rings. The molecular weight excluding hydrogens is 275 g/mol. The van der Waals surface area contributed by atoms with Crippen molar-refractivity contribution in [1.82, 2.24) is 0 Å². The third kappa shape index (κ3) is 3.18. The summed E-state index contributed by atoms with van der Waals surface area (Å²) >= 11 is 0. The lowest BCUT2D eigenvalue weighted by molar-refractivity contribution is 0.00578. The first-order valence-corrected chi connectivity index (χ1v) is 7.97. The van der Waals surface area contributed by atoms with Crippen LogP contribution in [0.1, 0.15) is 59.8 Å². The van der Waals surface area contributed by atoms with Crippen molar-refractivity contribution in [2.45, 2.75) is 65.5 Å². The zero-order valence-electron chi connectivity index (χ0n) is 15.2. The highest BCUT2D eigenvalue weighted by Gasteiger charge is 2.56. The lowest BCUT2D eigenvalue weighted by Gasteiger charge is -2.32. The molecule has 1 aliphatic heterocycles. The van der Waals surface area contributed by atoms with Crippen LogP contribution in [0.15, 0.2) is 24.3 Å². The molecule has 122 valence electrons. The van der Waals surface area contributed by atoms with Gasteiger partial charge in [-0.3, -0.25) is 0 Å². The smallest absolute Gasteiger partial charge is 0.466 e. The van der Waals surface area contributed by atoms with Gasteiger partial charge >= 0.3 is 7.12 Å². The molecule has 1 aromatic carbocycles. The van der Waals surface area contributed by atoms with Gasteiger partial charge in [0.1, 0.15) is 5.75 Å². The van der Waals surface area contributed by atoms with Crippen molar-refractivity contribution in [2.24, 2.45) is 5.41 Å². The number of methoxy groups -OCH3 is 1. The molecule has 1 saturated heterocycles. The summed E-state index contributed by atoms with van der Waals surface area (Å²) in [5.74, 6) is 1.02. The second-order valence-electron chi connectivity index (χ2n) is 8.24. The molecule has 0 amide bonds. The average Bonchev–Trinajstić information content (AvgIpc) is 2.57. The van der Waals surface area contributed by atoms with E-state index in [0.717, 1.165) is 5.75 Å². The summed E-state index contributed by atoms with van der Waals surface area (Å²) in [6, 6.07) is 8.22. The van der Waals surface area contributed by atoms with Gasteiger partial charge < -0.3 is 14.0 Å². The van der Waals surface area contributed by atoms with Gasteiger partial charge in [-0.15, -0.1) is 0 Å². The fourth-order valence-electron chi connectivity index (χ4n) is 2.90. The highest BCUT2D eigenvalue weighted by atomic mass is 16.7. The summed E-state index contributed by atoms with van der Waals surface area (Å²) in [5.41, 5.74) is 0.614. The van der Waals surface area contributed by atoms with Crippen LogP contribution in [0, 0.1) is 5.41 Å². The number of benzene rings is 1. The minimum absolute atomic E-state index is 0.0236. The van der Waals surface area contributed by atoms with E-state index in [9.17, 15) is 0 Å². The van der Waals surface area contributed by atoms with Crippen molar-refractivity contribution in [1.29, 1.82) is 0 Å². The summed E-state index contributed by atoms with van der Waals surface area (Å²) in [7, 11) is 1.43. The molecule has 0 N–H and O–H groups in total. The van der Waals surface area contributed by atoms with E-state index in [4.69, 9.17) is 14.0 Å². The van der Waals surface area contributed by atoms with Crippen LogP contribution in [0.4, 0.5) is 0 Å². The van der Waals surface area contributed by atoms with Crippen LogP contribution in [0.3, 0.4) is 0 Å². The molecule has 0 aromatic heterocycles. The summed E-state index contributed by atoms with van der Waals surface area (Å²) in [6.07, 6.45) is 0. The minimum Gasteiger partial charge on any atom is -0.497 e. The quantitative estimate of drug-likeness (QED) is 0.772. The molecule has 1 fully saturated rings. The predicted molar refractivity (Wildman–Crippen MR) is 91.3 cm³/mol. The Bertz CT molecular complexity index is 498. The SMILES string of the molecule is COc1ccc(C(B2OC(C)(C)C(C)(C)O2)C(C)(C)C)cc1. The van der Waals surface area contributed by atoms with Gasteiger partial charge in [-0.05, 0) is 50.8 Å². The molecule has 1 unspecified atom stereocenters. The van der Waals surface area contributed by atoms with Gasteiger partial charge in [-0.2, -0.15) is 0 Å². The molecule has 0 aliphatic carbocycles. The molecule has 0 bridgehead atoms. The van der Waals surface area contributed by atoms with E-state index in [1.165, 1.54) is 5.56 Å². The van der Waals surface area contributed by atoms with E-state index in [-0.39, 0.29) is 29.6 Å². The fourth-order valence-corrected chi connectivity index (χ4v) is 2.90. The van der Waals surface area contributed by atoms with Gasteiger partial charge in [-0.1, -0.05) is 32.9 Å². The monoisotopic (exact) mass is 304 g/mol. The highest BCUT2D eigenvalue weighted by molar-refractivity contribution is 6.47. The Morgan fingerprint density at radius 1 is 0.955 bits per heavy atom. The molecular formula is C18H29BO3. The molecule has 4 heteroatoms. The van der Waals surface area contributed by atoms with Crippen molar-refractivity contribution >= 4 is 7.12 Å². The largest absolute Gasteiger partial charge is 0.497 e. The van der Waals surface area contributed by atoms with Crippen LogP contribution >= 0.6 is 0 Å². The van der Waals surface area contributed by atoms with Crippen LogP contribution in [-0.4, -0.2) is 25.4 Å². The lowest BCUT2D eigenvalue weighted by atomic mass is 9.56. The van der Waals surface area contributed by atoms with Crippen LogP contribution in [0.5, 0.6) is 5.75 Å². The van der Waals surface area contributed by atoms with Gasteiger partial charge in [0, 0.05) is 5.82 Å². The first-order valence-electron chi connectivity index (χ1n) is 7.97. The zero-order chi connectivity index (χ0) is 16.8. The van der Waals surface area contributed by atoms with Crippen molar-refractivity contribution in [3.05, 3.63) is 29.8 Å². The van der Waals surface area contributed by atoms with E-state index in [1.54, 1.807) is 7.11 Å². The third-order valence-electron chi connectivity index (χ3n) is 4.95. The second kappa shape index (κ2) is 5.57. The Morgan fingerprint density at radius 2 is 1.41 bits per heavy atom. The Kier molecular flexibility index (Phi) is 4.40. The van der Waals surface area contributed by atoms with Crippen LogP contribution in [0.25, 0.3) is 0 Å². The van der Waals surface area contributed by atoms with Gasteiger partial charge in [0.25, 0.3) is 0 Å². The standard InChI is InChI=1S/C18H29BO3/c1-16(2,3)15(13-9-11-14(20-8)12-10-13)19-21-17(4,5)18(6,7)22-19/h9-12,15H,1-8H3. The van der Waals surface area contributed by atoms with Crippen LogP contribution < -0.4 is 4.74 Å². The van der Waals surface area contributed by atoms with Crippen molar-refractivity contribution in [3.63, 3.8) is 0 Å². The zero-order valence-corrected chi connectivity index (χ0v) is 15.2. The topological polar surface area (TPSA) is 27.7 Å². The molecule has 2 rings (SSSR count). The number of ether oxygens (including phenoxy) is 1. The van der Waals surface area contributed by atoms with E-state index in [2.05, 4.69) is 60.6 Å². The molecule has 0 saturated carbocycles. The summed E-state index contributed by atoms with van der Waals surface area (Å²) in [6.45, 7) is 15.1. The molecule has 0 radical (unpaired) electrons. The number of rotatable bonds is 3. The van der Waals surface area contributed by atoms with Gasteiger partial charge in [0.2, 0.25) is 0 Å². The Hall–Kier alpha value is -0.995. The first kappa shape index (κ1) is 17.4. The molecule has 1 aliphatic rings. The number of hydrogen-bond acceptors (Lipinski definition) is 3. The van der Waals surface area contributed by atoms with E-state index < -0.39 is 0 Å². The summed E-state index contributed by atoms with van der Waals surface area (Å²) in [5, 5.41) is 0. The van der Waals surface area contributed by atoms with E-state index in [0.29, 0.717) is 0 Å². The van der Waals surface area contributed by atoms with Gasteiger partial charge in [0.15, 0.2) is 0 Å². The Balaban J connectivity index is 2.36. The number of hydrogen-bond donors (Lipinski definition) is 0. The Labute approximate surface area is 135 Å². The van der Waals surface area contributed by atoms with E-state index in [1.807, 2.05) is 12.1 Å². The maximum atomic E-state index is 6.31. The average molecular weight is 304 g/mol. The predicted octanol–water partition coefficient (Wildman–Crippen LogP) is 4.46. The molecule has 1 atom stereocenters. The lowest BCUT2D eigenvalue weighted by Crippen LogP contribution is -2.41. The Morgan fingerprint density at radius 3 is 1.77 bits per heavy atom. The first-order chi connectivity index (χ1) is 9.98. The normalized spacial score (nSPS) is 21.7. The van der Waals surface area contributed by atoms with Gasteiger partial charge in [0.05, 0.1) is 18.3 Å². The van der Waals surface area contributed by atoms with Crippen LogP contribution in [0.2, 0.25) is 0 Å². The van der Waals surface area contributed by atoms with Gasteiger partial charge in [-0.25, -0.2) is 0 Å². The van der Waals surface area contributed by atoms with E-state index >= 15 is 0 Å². The van der Waals surface area contributed by atoms with Crippen molar-refractivity contribution in [3.8, 4) is 5.75 Å². The highest BCUT2D eigenvalue weighted by Crippen LogP contribution is 2.46. The second-order valence-corrected chi connectivity index (χ2v) is 8.24. The maximum Gasteiger partial charge on any atom is 0.466 e. The summed E-state index contributed by atoms with van der Waals surface area (Å²) < 4.78 is 17.9. The molecule has 3 nitrogen and oxygen atoms in total. The molecule has 1 heterocycles.